The van der Waals surface area contributed by atoms with Crippen molar-refractivity contribution in [3.8, 4) is 5.69 Å². The second-order valence-electron chi connectivity index (χ2n) is 4.12. The summed E-state index contributed by atoms with van der Waals surface area (Å²) in [6.07, 6.45) is 1.08. The smallest absolute Gasteiger partial charge is 0.333 e. The molecule has 1 heterocycles. The number of hydrogen-bond donors (Lipinski definition) is 2. The Kier molecular flexibility index (Phi) is 3.34. The Morgan fingerprint density at radius 3 is 2.25 bits per heavy atom. The number of amides is 1. The van der Waals surface area contributed by atoms with Gasteiger partial charge in [0.1, 0.15) is 0 Å². The number of Topliss-reactive ketones (excluding diaryl/α,β-unsaturated/α-hetero) is 1. The van der Waals surface area contributed by atoms with Crippen LogP contribution in [-0.2, 0) is 0 Å². The van der Waals surface area contributed by atoms with Crippen LogP contribution < -0.4 is 17.0 Å². The third-order valence-electron chi connectivity index (χ3n) is 2.77. The van der Waals surface area contributed by atoms with Crippen LogP contribution in [0.25, 0.3) is 5.69 Å². The fourth-order valence-corrected chi connectivity index (χ4v) is 1.73. The maximum atomic E-state index is 12.1. The number of carbonyl (C=O) groups is 2. The Labute approximate surface area is 112 Å². The van der Waals surface area contributed by atoms with Crippen LogP contribution in [0.2, 0.25) is 0 Å². The van der Waals surface area contributed by atoms with Gasteiger partial charge in [0.15, 0.2) is 5.78 Å². The predicted octanol–water partition coefficient (Wildman–Crippen LogP) is -0.173. The number of nitrogens with two attached hydrogens (primary N) is 1. The highest BCUT2D eigenvalue weighted by Gasteiger charge is 2.12. The summed E-state index contributed by atoms with van der Waals surface area (Å²) in [5.41, 5.74) is 4.09. The Balaban J connectivity index is 2.66. The quantitative estimate of drug-likeness (QED) is 0.755. The van der Waals surface area contributed by atoms with Crippen LogP contribution in [0.3, 0.4) is 0 Å². The van der Waals surface area contributed by atoms with Gasteiger partial charge in [0.2, 0.25) is 5.91 Å². The molecule has 1 aromatic carbocycles. The van der Waals surface area contributed by atoms with Gasteiger partial charge in [0.05, 0.1) is 11.3 Å². The van der Waals surface area contributed by atoms with Crippen molar-refractivity contribution in [2.75, 3.05) is 0 Å². The van der Waals surface area contributed by atoms with E-state index in [2.05, 4.69) is 4.98 Å². The molecule has 1 aromatic heterocycles. The van der Waals surface area contributed by atoms with Crippen molar-refractivity contribution in [3.63, 3.8) is 0 Å². The first kappa shape index (κ1) is 13.5. The number of ketones is 1. The number of primary amides is 1. The average Bonchev–Trinajstić information content (AvgIpc) is 2.38. The lowest BCUT2D eigenvalue weighted by atomic mass is 10.2. The van der Waals surface area contributed by atoms with Crippen LogP contribution in [-0.4, -0.2) is 21.2 Å². The molecule has 1 amide bonds. The zero-order valence-corrected chi connectivity index (χ0v) is 10.5. The van der Waals surface area contributed by atoms with Gasteiger partial charge in [-0.2, -0.15) is 0 Å². The topological polar surface area (TPSA) is 115 Å². The van der Waals surface area contributed by atoms with Crippen molar-refractivity contribution in [1.82, 2.24) is 9.55 Å². The number of nitrogens with zero attached hydrogens (tertiary/aromatic N) is 1. The maximum Gasteiger partial charge on any atom is 0.333 e. The molecule has 7 nitrogen and oxygen atoms in total. The normalized spacial score (nSPS) is 10.2. The first-order valence-electron chi connectivity index (χ1n) is 5.67. The molecular formula is C13H11N3O4. The SMILES string of the molecule is CC(=O)c1c[nH]c(=O)n(-c2ccc(C(N)=O)cc2)c1=O. The monoisotopic (exact) mass is 273 g/mol. The lowest BCUT2D eigenvalue weighted by Gasteiger charge is -2.06. The van der Waals surface area contributed by atoms with Gasteiger partial charge >= 0.3 is 5.69 Å². The summed E-state index contributed by atoms with van der Waals surface area (Å²) in [7, 11) is 0. The highest BCUT2D eigenvalue weighted by atomic mass is 16.2. The van der Waals surface area contributed by atoms with Crippen molar-refractivity contribution in [1.29, 1.82) is 0 Å². The first-order valence-corrected chi connectivity index (χ1v) is 5.67. The number of benzene rings is 1. The molecule has 0 bridgehead atoms. The summed E-state index contributed by atoms with van der Waals surface area (Å²) in [5, 5.41) is 0. The van der Waals surface area contributed by atoms with Crippen LogP contribution >= 0.6 is 0 Å². The van der Waals surface area contributed by atoms with Crippen LogP contribution in [0.15, 0.2) is 40.1 Å². The molecule has 3 N–H and O–H groups in total. The van der Waals surface area contributed by atoms with Gasteiger partial charge in [0.25, 0.3) is 5.56 Å². The van der Waals surface area contributed by atoms with Gasteiger partial charge in [-0.3, -0.25) is 14.4 Å². The summed E-state index contributed by atoms with van der Waals surface area (Å²) >= 11 is 0. The minimum Gasteiger partial charge on any atom is -0.366 e. The van der Waals surface area contributed by atoms with Crippen molar-refractivity contribution in [2.45, 2.75) is 6.92 Å². The molecule has 0 fully saturated rings. The summed E-state index contributed by atoms with van der Waals surface area (Å²) in [5.74, 6) is -1.07. The Morgan fingerprint density at radius 2 is 1.75 bits per heavy atom. The summed E-state index contributed by atoms with van der Waals surface area (Å²) < 4.78 is 0.821. The van der Waals surface area contributed by atoms with Crippen LogP contribution in [0.1, 0.15) is 27.6 Å². The molecule has 0 saturated heterocycles. The second-order valence-corrected chi connectivity index (χ2v) is 4.12. The number of hydrogen-bond acceptors (Lipinski definition) is 4. The molecule has 0 saturated carbocycles. The molecule has 7 heteroatoms. The van der Waals surface area contributed by atoms with E-state index < -0.39 is 22.9 Å². The molecule has 0 atom stereocenters. The van der Waals surface area contributed by atoms with E-state index in [4.69, 9.17) is 5.73 Å². The number of aromatic nitrogens is 2. The standard InChI is InChI=1S/C13H11N3O4/c1-7(17)10-6-15-13(20)16(12(10)19)9-4-2-8(3-5-9)11(14)18/h2-6H,1H3,(H2,14,18)(H,15,20). The highest BCUT2D eigenvalue weighted by Crippen LogP contribution is 2.06. The highest BCUT2D eigenvalue weighted by molar-refractivity contribution is 5.93. The molecule has 102 valence electrons. The second kappa shape index (κ2) is 4.96. The maximum absolute atomic E-state index is 12.1. The zero-order chi connectivity index (χ0) is 14.9. The molecule has 20 heavy (non-hydrogen) atoms. The molecular weight excluding hydrogens is 262 g/mol. The third-order valence-corrected chi connectivity index (χ3v) is 2.77. The summed E-state index contributed by atoms with van der Waals surface area (Å²) in [6.45, 7) is 1.23. The van der Waals surface area contributed by atoms with Crippen LogP contribution in [0.4, 0.5) is 0 Å². The summed E-state index contributed by atoms with van der Waals surface area (Å²) in [6, 6.07) is 5.59. The number of rotatable bonds is 3. The van der Waals surface area contributed by atoms with E-state index >= 15 is 0 Å². The lowest BCUT2D eigenvalue weighted by molar-refractivity contribution is 0.0996. The van der Waals surface area contributed by atoms with Gasteiger partial charge in [0, 0.05) is 11.8 Å². The number of carbonyl (C=O) groups excluding carboxylic acids is 2. The van der Waals surface area contributed by atoms with E-state index in [9.17, 15) is 19.2 Å². The minimum atomic E-state index is -0.715. The predicted molar refractivity (Wildman–Crippen MR) is 71.2 cm³/mol. The summed E-state index contributed by atoms with van der Waals surface area (Å²) in [4.78, 5) is 48.4. The first-order chi connectivity index (χ1) is 9.41. The van der Waals surface area contributed by atoms with Crippen LogP contribution in [0.5, 0.6) is 0 Å². The molecule has 0 aliphatic heterocycles. The largest absolute Gasteiger partial charge is 0.366 e. The molecule has 0 spiro atoms. The van der Waals surface area contributed by atoms with Gasteiger partial charge in [-0.25, -0.2) is 9.36 Å². The fourth-order valence-electron chi connectivity index (χ4n) is 1.73. The van der Waals surface area contributed by atoms with Crippen molar-refractivity contribution < 1.29 is 9.59 Å². The minimum absolute atomic E-state index is 0.122. The lowest BCUT2D eigenvalue weighted by Crippen LogP contribution is -2.36. The van der Waals surface area contributed by atoms with E-state index in [-0.39, 0.29) is 16.8 Å². The van der Waals surface area contributed by atoms with E-state index in [0.717, 1.165) is 10.8 Å². The van der Waals surface area contributed by atoms with E-state index in [1.807, 2.05) is 0 Å². The van der Waals surface area contributed by atoms with Crippen molar-refractivity contribution in [2.24, 2.45) is 5.73 Å². The third kappa shape index (κ3) is 2.28. The molecule has 2 aromatic rings. The number of nitrogens with one attached hydrogen (secondary N) is 1. The average molecular weight is 273 g/mol. The Bertz CT molecular complexity index is 800. The fraction of sp³-hybridized carbons (Fsp3) is 0.0769. The zero-order valence-electron chi connectivity index (χ0n) is 10.5. The van der Waals surface area contributed by atoms with Crippen LogP contribution in [0, 0.1) is 0 Å². The van der Waals surface area contributed by atoms with Gasteiger partial charge < -0.3 is 10.7 Å². The number of H-pyrrole nitrogens is 1. The van der Waals surface area contributed by atoms with Gasteiger partial charge in [-0.05, 0) is 31.2 Å². The van der Waals surface area contributed by atoms with E-state index in [1.165, 1.54) is 31.2 Å². The molecule has 0 unspecified atom stereocenters. The van der Waals surface area contributed by atoms with Crippen molar-refractivity contribution >= 4 is 11.7 Å². The number of aromatic amines is 1. The Morgan fingerprint density at radius 1 is 1.15 bits per heavy atom. The van der Waals surface area contributed by atoms with E-state index in [0.29, 0.717) is 0 Å². The van der Waals surface area contributed by atoms with Gasteiger partial charge in [-0.1, -0.05) is 0 Å². The molecule has 0 aliphatic carbocycles. The molecule has 2 rings (SSSR count). The van der Waals surface area contributed by atoms with E-state index in [1.54, 1.807) is 0 Å². The van der Waals surface area contributed by atoms with Gasteiger partial charge in [-0.15, -0.1) is 0 Å². The molecule has 0 aliphatic rings. The molecule has 0 radical (unpaired) electrons. The van der Waals surface area contributed by atoms with Crippen molar-refractivity contribution in [3.05, 3.63) is 62.4 Å². The Hall–Kier alpha value is -2.96.